The lowest BCUT2D eigenvalue weighted by Crippen LogP contribution is -2.27. The SMILES string of the molecule is CCCCC1CCC(C(=O)OCC(=O)Nc2nnc(-c3ccccc3)o2)CC1. The average Bonchev–Trinajstić information content (AvgIpc) is 3.20. The van der Waals surface area contributed by atoms with Gasteiger partial charge in [-0.05, 0) is 43.7 Å². The summed E-state index contributed by atoms with van der Waals surface area (Å²) >= 11 is 0. The summed E-state index contributed by atoms with van der Waals surface area (Å²) in [5.41, 5.74) is 0.761. The maximum absolute atomic E-state index is 12.2. The van der Waals surface area contributed by atoms with Gasteiger partial charge in [-0.3, -0.25) is 14.9 Å². The number of esters is 1. The molecule has 1 N–H and O–H groups in total. The van der Waals surface area contributed by atoms with Crippen LogP contribution in [0.2, 0.25) is 0 Å². The van der Waals surface area contributed by atoms with Crippen LogP contribution in [0.3, 0.4) is 0 Å². The quantitative estimate of drug-likeness (QED) is 0.684. The van der Waals surface area contributed by atoms with Gasteiger partial charge in [-0.2, -0.15) is 0 Å². The van der Waals surface area contributed by atoms with E-state index >= 15 is 0 Å². The third kappa shape index (κ3) is 5.65. The Hall–Kier alpha value is -2.70. The van der Waals surface area contributed by atoms with Crippen LogP contribution >= 0.6 is 0 Å². The lowest BCUT2D eigenvalue weighted by atomic mass is 9.80. The maximum atomic E-state index is 12.2. The van der Waals surface area contributed by atoms with Gasteiger partial charge in [0, 0.05) is 5.56 Å². The summed E-state index contributed by atoms with van der Waals surface area (Å²) in [5.74, 6) is 0.156. The summed E-state index contributed by atoms with van der Waals surface area (Å²) in [5, 5.41) is 10.2. The molecule has 3 rings (SSSR count). The molecule has 0 atom stereocenters. The number of nitrogens with zero attached hydrogens (tertiary/aromatic N) is 2. The zero-order chi connectivity index (χ0) is 19.8. The number of amides is 1. The molecule has 2 aromatic rings. The van der Waals surface area contributed by atoms with Crippen molar-refractivity contribution in [3.63, 3.8) is 0 Å². The van der Waals surface area contributed by atoms with E-state index in [9.17, 15) is 9.59 Å². The van der Waals surface area contributed by atoms with Crippen LogP contribution in [0.5, 0.6) is 0 Å². The molecule has 0 unspecified atom stereocenters. The van der Waals surface area contributed by atoms with Gasteiger partial charge in [0.15, 0.2) is 6.61 Å². The maximum Gasteiger partial charge on any atom is 0.322 e. The number of aromatic nitrogens is 2. The van der Waals surface area contributed by atoms with Gasteiger partial charge in [-0.1, -0.05) is 49.5 Å². The van der Waals surface area contributed by atoms with Gasteiger partial charge in [0.05, 0.1) is 5.92 Å². The molecular weight excluding hydrogens is 358 g/mol. The molecule has 7 nitrogen and oxygen atoms in total. The number of unbranched alkanes of at least 4 members (excludes halogenated alkanes) is 1. The van der Waals surface area contributed by atoms with Crippen LogP contribution in [0, 0.1) is 11.8 Å². The van der Waals surface area contributed by atoms with Crippen molar-refractivity contribution in [3.8, 4) is 11.5 Å². The van der Waals surface area contributed by atoms with Crippen molar-refractivity contribution in [1.29, 1.82) is 0 Å². The molecule has 7 heteroatoms. The van der Waals surface area contributed by atoms with Crippen LogP contribution in [0.1, 0.15) is 51.9 Å². The van der Waals surface area contributed by atoms with Gasteiger partial charge in [-0.15, -0.1) is 5.10 Å². The van der Waals surface area contributed by atoms with Crippen LogP contribution in [-0.4, -0.2) is 28.7 Å². The molecular formula is C21H27N3O4. The number of hydrogen-bond acceptors (Lipinski definition) is 6. The average molecular weight is 385 g/mol. The Bertz CT molecular complexity index is 767. The van der Waals surface area contributed by atoms with Crippen LogP contribution < -0.4 is 5.32 Å². The molecule has 150 valence electrons. The van der Waals surface area contributed by atoms with Crippen molar-refractivity contribution >= 4 is 17.9 Å². The normalized spacial score (nSPS) is 19.2. The first kappa shape index (κ1) is 20.0. The van der Waals surface area contributed by atoms with E-state index in [1.54, 1.807) is 0 Å². The Kier molecular flexibility index (Phi) is 7.17. The molecule has 1 aromatic carbocycles. The topological polar surface area (TPSA) is 94.3 Å². The zero-order valence-corrected chi connectivity index (χ0v) is 16.2. The minimum absolute atomic E-state index is 0.0173. The Morgan fingerprint density at radius 1 is 1.14 bits per heavy atom. The Labute approximate surface area is 164 Å². The van der Waals surface area contributed by atoms with E-state index in [0.717, 1.165) is 37.2 Å². The molecule has 1 aliphatic carbocycles. The number of ether oxygens (including phenoxy) is 1. The first-order valence-corrected chi connectivity index (χ1v) is 10.0. The lowest BCUT2D eigenvalue weighted by molar-refractivity contribution is -0.152. The van der Waals surface area contributed by atoms with E-state index in [-0.39, 0.29) is 24.5 Å². The van der Waals surface area contributed by atoms with Gasteiger partial charge in [0.25, 0.3) is 5.91 Å². The highest BCUT2D eigenvalue weighted by Crippen LogP contribution is 2.32. The molecule has 0 spiro atoms. The number of carbonyl (C=O) groups excluding carboxylic acids is 2. The van der Waals surface area contributed by atoms with E-state index in [0.29, 0.717) is 5.89 Å². The van der Waals surface area contributed by atoms with Crippen molar-refractivity contribution < 1.29 is 18.7 Å². The second-order valence-electron chi connectivity index (χ2n) is 7.29. The van der Waals surface area contributed by atoms with Gasteiger partial charge >= 0.3 is 12.0 Å². The zero-order valence-electron chi connectivity index (χ0n) is 16.2. The van der Waals surface area contributed by atoms with E-state index in [2.05, 4.69) is 22.4 Å². The van der Waals surface area contributed by atoms with Crippen LogP contribution in [0.4, 0.5) is 6.01 Å². The number of anilines is 1. The molecule has 0 saturated heterocycles. The summed E-state index contributed by atoms with van der Waals surface area (Å²) < 4.78 is 10.6. The van der Waals surface area contributed by atoms with Crippen LogP contribution in [0.25, 0.3) is 11.5 Å². The van der Waals surface area contributed by atoms with Crippen molar-refractivity contribution in [2.75, 3.05) is 11.9 Å². The monoisotopic (exact) mass is 385 g/mol. The van der Waals surface area contributed by atoms with E-state index in [1.165, 1.54) is 19.3 Å². The summed E-state index contributed by atoms with van der Waals surface area (Å²) in [7, 11) is 0. The van der Waals surface area contributed by atoms with Gasteiger partial charge in [0.2, 0.25) is 5.89 Å². The second-order valence-corrected chi connectivity index (χ2v) is 7.29. The van der Waals surface area contributed by atoms with Crippen LogP contribution in [-0.2, 0) is 14.3 Å². The second kappa shape index (κ2) is 10.0. The number of rotatable bonds is 8. The van der Waals surface area contributed by atoms with Crippen molar-refractivity contribution in [2.45, 2.75) is 51.9 Å². The Morgan fingerprint density at radius 2 is 1.89 bits per heavy atom. The van der Waals surface area contributed by atoms with Gasteiger partial charge in [0.1, 0.15) is 0 Å². The minimum Gasteiger partial charge on any atom is -0.455 e. The fourth-order valence-corrected chi connectivity index (χ4v) is 3.56. The summed E-state index contributed by atoms with van der Waals surface area (Å²) in [6.07, 6.45) is 7.53. The molecule has 28 heavy (non-hydrogen) atoms. The third-order valence-electron chi connectivity index (χ3n) is 5.18. The first-order chi connectivity index (χ1) is 13.7. The molecule has 0 bridgehead atoms. The highest BCUT2D eigenvalue weighted by atomic mass is 16.5. The molecule has 1 heterocycles. The highest BCUT2D eigenvalue weighted by molar-refractivity contribution is 5.91. The summed E-state index contributed by atoms with van der Waals surface area (Å²) in [4.78, 5) is 24.2. The van der Waals surface area contributed by atoms with Gasteiger partial charge in [-0.25, -0.2) is 0 Å². The lowest BCUT2D eigenvalue weighted by Gasteiger charge is -2.27. The first-order valence-electron chi connectivity index (χ1n) is 10.0. The fraction of sp³-hybridized carbons (Fsp3) is 0.524. The highest BCUT2D eigenvalue weighted by Gasteiger charge is 2.27. The molecule has 1 saturated carbocycles. The van der Waals surface area contributed by atoms with E-state index in [4.69, 9.17) is 9.15 Å². The molecule has 1 aromatic heterocycles. The van der Waals surface area contributed by atoms with Crippen molar-refractivity contribution in [2.24, 2.45) is 11.8 Å². The summed E-state index contributed by atoms with van der Waals surface area (Å²) in [6, 6.07) is 9.24. The molecule has 0 aliphatic heterocycles. The Balaban J connectivity index is 1.40. The molecule has 1 amide bonds. The number of hydrogen-bond donors (Lipinski definition) is 1. The number of carbonyl (C=O) groups is 2. The minimum atomic E-state index is -0.492. The molecule has 1 aliphatic rings. The molecule has 0 radical (unpaired) electrons. The largest absolute Gasteiger partial charge is 0.455 e. The fourth-order valence-electron chi connectivity index (χ4n) is 3.56. The van der Waals surface area contributed by atoms with E-state index in [1.807, 2.05) is 30.3 Å². The van der Waals surface area contributed by atoms with Crippen molar-refractivity contribution in [1.82, 2.24) is 10.2 Å². The predicted molar refractivity (Wildman–Crippen MR) is 104 cm³/mol. The summed E-state index contributed by atoms with van der Waals surface area (Å²) in [6.45, 7) is 1.85. The smallest absolute Gasteiger partial charge is 0.322 e. The van der Waals surface area contributed by atoms with Crippen LogP contribution in [0.15, 0.2) is 34.7 Å². The van der Waals surface area contributed by atoms with E-state index < -0.39 is 5.91 Å². The van der Waals surface area contributed by atoms with Gasteiger partial charge < -0.3 is 9.15 Å². The predicted octanol–water partition coefficient (Wildman–Crippen LogP) is 4.21. The standard InChI is InChI=1S/C21H27N3O4/c1-2-3-7-15-10-12-17(13-11-15)20(26)27-14-18(25)22-21-24-23-19(28-21)16-8-5-4-6-9-16/h4-6,8-9,15,17H,2-3,7,10-14H2,1H3,(H,22,24,25). The number of benzene rings is 1. The molecule has 1 fully saturated rings. The third-order valence-corrected chi connectivity index (χ3v) is 5.18. The number of nitrogens with one attached hydrogen (secondary N) is 1. The Morgan fingerprint density at radius 3 is 2.61 bits per heavy atom. The van der Waals surface area contributed by atoms with Crippen molar-refractivity contribution in [3.05, 3.63) is 30.3 Å².